The SMILES string of the molecule is Cc1c(COC(=O)C(C)OCC2CCCO2)cccc1[N+](=O)[O-]. The van der Waals surface area contributed by atoms with E-state index in [1.165, 1.54) is 6.07 Å². The van der Waals surface area contributed by atoms with E-state index in [4.69, 9.17) is 14.2 Å². The summed E-state index contributed by atoms with van der Waals surface area (Å²) in [5.41, 5.74) is 1.12. The third-order valence-electron chi connectivity index (χ3n) is 3.87. The first kappa shape index (κ1) is 17.4. The third kappa shape index (κ3) is 4.74. The highest BCUT2D eigenvalue weighted by molar-refractivity contribution is 5.74. The van der Waals surface area contributed by atoms with Crippen LogP contribution in [0.3, 0.4) is 0 Å². The van der Waals surface area contributed by atoms with Crippen molar-refractivity contribution in [1.82, 2.24) is 0 Å². The Kier molecular flexibility index (Phi) is 6.06. The van der Waals surface area contributed by atoms with Crippen LogP contribution in [0.4, 0.5) is 5.69 Å². The van der Waals surface area contributed by atoms with Gasteiger partial charge in [-0.3, -0.25) is 10.1 Å². The molecule has 2 atom stereocenters. The van der Waals surface area contributed by atoms with E-state index in [-0.39, 0.29) is 18.4 Å². The number of nitro benzene ring substituents is 1. The van der Waals surface area contributed by atoms with Gasteiger partial charge in [-0.2, -0.15) is 0 Å². The average Bonchev–Trinajstić information content (AvgIpc) is 3.04. The fourth-order valence-corrected chi connectivity index (χ4v) is 2.39. The molecule has 0 aliphatic carbocycles. The van der Waals surface area contributed by atoms with Gasteiger partial charge >= 0.3 is 5.97 Å². The normalized spacial score (nSPS) is 18.6. The van der Waals surface area contributed by atoms with Crippen molar-refractivity contribution in [3.8, 4) is 0 Å². The lowest BCUT2D eigenvalue weighted by molar-refractivity contribution is -0.385. The maximum absolute atomic E-state index is 11.9. The van der Waals surface area contributed by atoms with Gasteiger partial charge in [0.25, 0.3) is 5.69 Å². The van der Waals surface area contributed by atoms with Crippen LogP contribution in [-0.4, -0.2) is 36.3 Å². The lowest BCUT2D eigenvalue weighted by Crippen LogP contribution is -2.27. The molecule has 1 aromatic rings. The summed E-state index contributed by atoms with van der Waals surface area (Å²) >= 11 is 0. The number of ether oxygens (including phenoxy) is 3. The first-order valence-electron chi connectivity index (χ1n) is 7.61. The maximum Gasteiger partial charge on any atom is 0.335 e. The Morgan fingerprint density at radius 3 is 2.96 bits per heavy atom. The first-order valence-corrected chi connectivity index (χ1v) is 7.61. The van der Waals surface area contributed by atoms with Crippen molar-refractivity contribution in [3.63, 3.8) is 0 Å². The van der Waals surface area contributed by atoms with E-state index in [9.17, 15) is 14.9 Å². The number of nitro groups is 1. The standard InChI is InChI=1S/C16H21NO6/c1-11-13(5-3-7-15(11)17(19)20)9-23-16(18)12(2)22-10-14-6-4-8-21-14/h3,5,7,12,14H,4,6,8-10H2,1-2H3. The molecular formula is C16H21NO6. The minimum absolute atomic E-state index is 0.0139. The van der Waals surface area contributed by atoms with Crippen LogP contribution in [-0.2, 0) is 25.6 Å². The predicted molar refractivity (Wildman–Crippen MR) is 82.0 cm³/mol. The second kappa shape index (κ2) is 8.03. The Balaban J connectivity index is 1.83. The zero-order valence-electron chi connectivity index (χ0n) is 13.3. The summed E-state index contributed by atoms with van der Waals surface area (Å²) < 4.78 is 16.1. The quantitative estimate of drug-likeness (QED) is 0.435. The number of benzene rings is 1. The monoisotopic (exact) mass is 323 g/mol. The molecule has 1 aliphatic rings. The van der Waals surface area contributed by atoms with Crippen LogP contribution in [0.15, 0.2) is 18.2 Å². The maximum atomic E-state index is 11.9. The van der Waals surface area contributed by atoms with Gasteiger partial charge in [0, 0.05) is 18.2 Å². The Bertz CT molecular complexity index is 568. The van der Waals surface area contributed by atoms with Crippen LogP contribution in [0.25, 0.3) is 0 Å². The van der Waals surface area contributed by atoms with Crippen molar-refractivity contribution < 1.29 is 23.9 Å². The molecule has 0 N–H and O–H groups in total. The summed E-state index contributed by atoms with van der Waals surface area (Å²) in [6, 6.07) is 4.70. The molecule has 2 unspecified atom stereocenters. The van der Waals surface area contributed by atoms with Crippen molar-refractivity contribution in [2.75, 3.05) is 13.2 Å². The molecule has 0 spiro atoms. The smallest absolute Gasteiger partial charge is 0.335 e. The van der Waals surface area contributed by atoms with Crippen LogP contribution in [0.2, 0.25) is 0 Å². The van der Waals surface area contributed by atoms with Crippen LogP contribution in [0.5, 0.6) is 0 Å². The van der Waals surface area contributed by atoms with Crippen LogP contribution < -0.4 is 0 Å². The van der Waals surface area contributed by atoms with Gasteiger partial charge in [-0.05, 0) is 32.3 Å². The van der Waals surface area contributed by atoms with Gasteiger partial charge in [-0.25, -0.2) is 4.79 Å². The van der Waals surface area contributed by atoms with Gasteiger partial charge < -0.3 is 14.2 Å². The van der Waals surface area contributed by atoms with Crippen molar-refractivity contribution in [2.45, 2.75) is 45.5 Å². The van der Waals surface area contributed by atoms with Crippen LogP contribution >= 0.6 is 0 Å². The molecule has 126 valence electrons. The van der Waals surface area contributed by atoms with Crippen molar-refractivity contribution in [3.05, 3.63) is 39.4 Å². The topological polar surface area (TPSA) is 87.9 Å². The zero-order valence-corrected chi connectivity index (χ0v) is 13.3. The number of rotatable bonds is 7. The molecule has 7 nitrogen and oxygen atoms in total. The molecule has 1 fully saturated rings. The second-order valence-electron chi connectivity index (χ2n) is 5.54. The largest absolute Gasteiger partial charge is 0.459 e. The fraction of sp³-hybridized carbons (Fsp3) is 0.562. The molecule has 0 aromatic heterocycles. The van der Waals surface area contributed by atoms with E-state index in [0.717, 1.165) is 19.4 Å². The van der Waals surface area contributed by atoms with E-state index in [2.05, 4.69) is 0 Å². The van der Waals surface area contributed by atoms with Crippen LogP contribution in [0, 0.1) is 17.0 Å². The zero-order chi connectivity index (χ0) is 16.8. The molecule has 1 aromatic carbocycles. The summed E-state index contributed by atoms with van der Waals surface area (Å²) in [6.45, 7) is 4.35. The van der Waals surface area contributed by atoms with Gasteiger partial charge in [-0.15, -0.1) is 0 Å². The van der Waals surface area contributed by atoms with Crippen LogP contribution in [0.1, 0.15) is 30.9 Å². The van der Waals surface area contributed by atoms with Crippen molar-refractivity contribution in [1.29, 1.82) is 0 Å². The van der Waals surface area contributed by atoms with Gasteiger partial charge in [0.1, 0.15) is 6.61 Å². The van der Waals surface area contributed by atoms with E-state index in [1.54, 1.807) is 26.0 Å². The molecule has 0 bridgehead atoms. The molecule has 0 amide bonds. The number of nitrogens with zero attached hydrogens (tertiary/aromatic N) is 1. The molecule has 1 aliphatic heterocycles. The summed E-state index contributed by atoms with van der Waals surface area (Å²) in [7, 11) is 0. The van der Waals surface area contributed by atoms with E-state index in [1.807, 2.05) is 0 Å². The number of hydrogen-bond acceptors (Lipinski definition) is 6. The molecule has 1 saturated heterocycles. The Morgan fingerprint density at radius 1 is 1.52 bits per heavy atom. The summed E-state index contributed by atoms with van der Waals surface area (Å²) in [5.74, 6) is -0.492. The predicted octanol–water partition coefficient (Wildman–Crippen LogP) is 2.53. The molecule has 0 saturated carbocycles. The van der Waals surface area contributed by atoms with Gasteiger partial charge in [0.2, 0.25) is 0 Å². The number of carbonyl (C=O) groups excluding carboxylic acids is 1. The molecule has 23 heavy (non-hydrogen) atoms. The molecule has 2 rings (SSSR count). The minimum Gasteiger partial charge on any atom is -0.459 e. The molecule has 1 heterocycles. The number of esters is 1. The molecule has 0 radical (unpaired) electrons. The average molecular weight is 323 g/mol. The van der Waals surface area contributed by atoms with Gasteiger partial charge in [0.15, 0.2) is 6.10 Å². The van der Waals surface area contributed by atoms with Crippen molar-refractivity contribution in [2.24, 2.45) is 0 Å². The number of hydrogen-bond donors (Lipinski definition) is 0. The molecular weight excluding hydrogens is 302 g/mol. The van der Waals surface area contributed by atoms with E-state index in [0.29, 0.717) is 17.7 Å². The molecule has 7 heteroatoms. The van der Waals surface area contributed by atoms with E-state index >= 15 is 0 Å². The highest BCUT2D eigenvalue weighted by Gasteiger charge is 2.21. The minimum atomic E-state index is -0.696. The second-order valence-corrected chi connectivity index (χ2v) is 5.54. The van der Waals surface area contributed by atoms with Gasteiger partial charge in [-0.1, -0.05) is 12.1 Å². The van der Waals surface area contributed by atoms with Gasteiger partial charge in [0.05, 0.1) is 17.6 Å². The highest BCUT2D eigenvalue weighted by atomic mass is 16.6. The summed E-state index contributed by atoms with van der Waals surface area (Å²) in [5, 5.41) is 10.9. The highest BCUT2D eigenvalue weighted by Crippen LogP contribution is 2.21. The first-order chi connectivity index (χ1) is 11.0. The third-order valence-corrected chi connectivity index (χ3v) is 3.87. The number of carbonyl (C=O) groups is 1. The lowest BCUT2D eigenvalue weighted by Gasteiger charge is -2.16. The summed E-state index contributed by atoms with van der Waals surface area (Å²) in [6.07, 6.45) is 1.30. The Hall–Kier alpha value is -1.99. The Labute approximate surface area is 134 Å². The summed E-state index contributed by atoms with van der Waals surface area (Å²) in [4.78, 5) is 22.4. The van der Waals surface area contributed by atoms with E-state index < -0.39 is 17.0 Å². The lowest BCUT2D eigenvalue weighted by atomic mass is 10.1. The van der Waals surface area contributed by atoms with Crippen molar-refractivity contribution >= 4 is 11.7 Å². The fourth-order valence-electron chi connectivity index (χ4n) is 2.39. The Morgan fingerprint density at radius 2 is 2.30 bits per heavy atom.